The minimum Gasteiger partial charge on any atom is -0.494 e. The summed E-state index contributed by atoms with van der Waals surface area (Å²) < 4.78 is 33.1. The summed E-state index contributed by atoms with van der Waals surface area (Å²) in [5, 5.41) is 2.58. The van der Waals surface area contributed by atoms with Gasteiger partial charge in [0.2, 0.25) is 0 Å². The third-order valence-corrected chi connectivity index (χ3v) is 4.25. The Kier molecular flexibility index (Phi) is 6.25. The number of halogens is 2. The molecule has 1 aromatic carbocycles. The summed E-state index contributed by atoms with van der Waals surface area (Å²) in [5.41, 5.74) is 0.146. The van der Waals surface area contributed by atoms with E-state index < -0.39 is 15.0 Å². The molecule has 0 atom stereocenters. The number of hydrogen-bond donors (Lipinski definition) is 1. The van der Waals surface area contributed by atoms with Crippen LogP contribution in [0, 0.1) is 0 Å². The lowest BCUT2D eigenvalue weighted by Crippen LogP contribution is -2.27. The first-order chi connectivity index (χ1) is 9.31. The van der Waals surface area contributed by atoms with Crippen LogP contribution in [0.1, 0.15) is 10.4 Å². The van der Waals surface area contributed by atoms with Crippen LogP contribution in [0.3, 0.4) is 0 Å². The Hall–Kier alpha value is -0.830. The zero-order valence-electron chi connectivity index (χ0n) is 10.8. The van der Waals surface area contributed by atoms with Crippen LogP contribution in [0.4, 0.5) is 0 Å². The largest absolute Gasteiger partial charge is 0.494 e. The molecule has 0 bridgehead atoms. The molecule has 0 aromatic heterocycles. The minimum atomic E-state index is -4.04. The number of carbonyl (C=O) groups is 1. The summed E-state index contributed by atoms with van der Waals surface area (Å²) in [5.74, 6) is -0.389. The van der Waals surface area contributed by atoms with Crippen molar-refractivity contribution in [2.24, 2.45) is 0 Å². The highest BCUT2D eigenvalue weighted by atomic mass is 79.9. The normalized spacial score (nSPS) is 11.2. The molecule has 0 saturated heterocycles. The van der Waals surface area contributed by atoms with Gasteiger partial charge in [-0.15, -0.1) is 0 Å². The lowest BCUT2D eigenvalue weighted by molar-refractivity contribution is 0.0936. The van der Waals surface area contributed by atoms with Gasteiger partial charge in [0.25, 0.3) is 15.0 Å². The molecule has 0 aliphatic heterocycles. The fourth-order valence-corrected chi connectivity index (χ4v) is 3.23. The standard InChI is InChI=1S/C11H13BrClNO5S/c1-18-4-3-14-11(15)7-5-8(12)10(19-2)9(6-7)20(13,16)17/h5-6H,3-4H2,1-2H3,(H,14,15). The maximum atomic E-state index is 11.9. The first kappa shape index (κ1) is 17.2. The smallest absolute Gasteiger partial charge is 0.265 e. The summed E-state index contributed by atoms with van der Waals surface area (Å²) in [6.45, 7) is 0.658. The van der Waals surface area contributed by atoms with Gasteiger partial charge in [-0.3, -0.25) is 4.79 Å². The summed E-state index contributed by atoms with van der Waals surface area (Å²) >= 11 is 3.15. The van der Waals surface area contributed by atoms with Crippen molar-refractivity contribution in [3.63, 3.8) is 0 Å². The molecule has 0 fully saturated rings. The van der Waals surface area contributed by atoms with Gasteiger partial charge in [-0.2, -0.15) is 0 Å². The average molecular weight is 387 g/mol. The number of ether oxygens (including phenoxy) is 2. The number of benzene rings is 1. The Morgan fingerprint density at radius 3 is 2.55 bits per heavy atom. The van der Waals surface area contributed by atoms with Gasteiger partial charge < -0.3 is 14.8 Å². The van der Waals surface area contributed by atoms with Crippen molar-refractivity contribution in [2.75, 3.05) is 27.4 Å². The fourth-order valence-electron chi connectivity index (χ4n) is 1.45. The van der Waals surface area contributed by atoms with Crippen molar-refractivity contribution in [1.82, 2.24) is 5.32 Å². The Bertz CT molecular complexity index is 605. The van der Waals surface area contributed by atoms with E-state index in [1.165, 1.54) is 20.3 Å². The minimum absolute atomic E-state index is 0.0495. The first-order valence-corrected chi connectivity index (χ1v) is 8.50. The predicted molar refractivity (Wildman–Crippen MR) is 77.9 cm³/mol. The molecule has 112 valence electrons. The molecule has 0 unspecified atom stereocenters. The Labute approximate surface area is 129 Å². The predicted octanol–water partition coefficient (Wildman–Crippen LogP) is 1.76. The van der Waals surface area contributed by atoms with E-state index >= 15 is 0 Å². The molecule has 0 heterocycles. The maximum absolute atomic E-state index is 11.9. The summed E-state index contributed by atoms with van der Waals surface area (Å²) in [6, 6.07) is 2.61. The molecule has 20 heavy (non-hydrogen) atoms. The molecule has 1 N–H and O–H groups in total. The van der Waals surface area contributed by atoms with Crippen LogP contribution in [-0.4, -0.2) is 41.7 Å². The quantitative estimate of drug-likeness (QED) is 0.595. The van der Waals surface area contributed by atoms with Gasteiger partial charge in [-0.25, -0.2) is 8.42 Å². The van der Waals surface area contributed by atoms with Crippen LogP contribution in [0.25, 0.3) is 0 Å². The molecule has 0 spiro atoms. The lowest BCUT2D eigenvalue weighted by atomic mass is 10.2. The lowest BCUT2D eigenvalue weighted by Gasteiger charge is -2.11. The number of carbonyl (C=O) groups excluding carboxylic acids is 1. The SMILES string of the molecule is COCCNC(=O)c1cc(Br)c(OC)c(S(=O)(=O)Cl)c1. The zero-order chi connectivity index (χ0) is 15.3. The Morgan fingerprint density at radius 2 is 2.05 bits per heavy atom. The van der Waals surface area contributed by atoms with E-state index in [-0.39, 0.29) is 16.2 Å². The van der Waals surface area contributed by atoms with Crippen molar-refractivity contribution in [3.05, 3.63) is 22.2 Å². The summed E-state index contributed by atoms with van der Waals surface area (Å²) in [6.07, 6.45) is 0. The van der Waals surface area contributed by atoms with Gasteiger partial charge >= 0.3 is 0 Å². The van der Waals surface area contributed by atoms with Gasteiger partial charge in [-0.05, 0) is 28.1 Å². The second kappa shape index (κ2) is 7.26. The van der Waals surface area contributed by atoms with Crippen LogP contribution in [0.2, 0.25) is 0 Å². The molecule has 1 amide bonds. The van der Waals surface area contributed by atoms with Gasteiger partial charge in [0.05, 0.1) is 18.2 Å². The van der Waals surface area contributed by atoms with E-state index in [1.807, 2.05) is 0 Å². The Morgan fingerprint density at radius 1 is 1.40 bits per heavy atom. The van der Waals surface area contributed by atoms with Crippen molar-refractivity contribution in [2.45, 2.75) is 4.90 Å². The Balaban J connectivity index is 3.18. The molecule has 6 nitrogen and oxygen atoms in total. The van der Waals surface area contributed by atoms with E-state index in [1.54, 1.807) is 0 Å². The molecule has 0 saturated carbocycles. The third kappa shape index (κ3) is 4.34. The van der Waals surface area contributed by atoms with Crippen LogP contribution < -0.4 is 10.1 Å². The van der Waals surface area contributed by atoms with E-state index in [0.717, 1.165) is 6.07 Å². The molecule has 1 rings (SSSR count). The van der Waals surface area contributed by atoms with Crippen molar-refractivity contribution in [1.29, 1.82) is 0 Å². The topological polar surface area (TPSA) is 81.7 Å². The van der Waals surface area contributed by atoms with E-state index in [4.69, 9.17) is 20.2 Å². The number of nitrogens with one attached hydrogen (secondary N) is 1. The molecule has 0 aliphatic carbocycles. The van der Waals surface area contributed by atoms with Gasteiger partial charge in [0.15, 0.2) is 5.75 Å². The second-order valence-electron chi connectivity index (χ2n) is 3.68. The van der Waals surface area contributed by atoms with E-state index in [9.17, 15) is 13.2 Å². The highest BCUT2D eigenvalue weighted by Crippen LogP contribution is 2.35. The van der Waals surface area contributed by atoms with Crippen LogP contribution in [-0.2, 0) is 13.8 Å². The summed E-state index contributed by atoms with van der Waals surface area (Å²) in [7, 11) is 4.12. The highest BCUT2D eigenvalue weighted by molar-refractivity contribution is 9.10. The van der Waals surface area contributed by atoms with Crippen LogP contribution in [0.5, 0.6) is 5.75 Å². The molecule has 0 aliphatic rings. The molecular formula is C11H13BrClNO5S. The van der Waals surface area contributed by atoms with Crippen molar-refractivity contribution < 1.29 is 22.7 Å². The van der Waals surface area contributed by atoms with Crippen molar-refractivity contribution in [3.8, 4) is 5.75 Å². The third-order valence-electron chi connectivity index (χ3n) is 2.33. The van der Waals surface area contributed by atoms with Crippen LogP contribution in [0.15, 0.2) is 21.5 Å². The summed E-state index contributed by atoms with van der Waals surface area (Å²) in [4.78, 5) is 11.6. The molecule has 0 radical (unpaired) electrons. The average Bonchev–Trinajstić information content (AvgIpc) is 2.36. The molecule has 9 heteroatoms. The van der Waals surface area contributed by atoms with Gasteiger partial charge in [0, 0.05) is 29.9 Å². The van der Waals surface area contributed by atoms with E-state index in [2.05, 4.69) is 21.2 Å². The molecule has 1 aromatic rings. The van der Waals surface area contributed by atoms with E-state index in [0.29, 0.717) is 17.6 Å². The van der Waals surface area contributed by atoms with Gasteiger partial charge in [0.1, 0.15) is 4.90 Å². The fraction of sp³-hybridized carbons (Fsp3) is 0.364. The number of hydrogen-bond acceptors (Lipinski definition) is 5. The number of rotatable bonds is 6. The monoisotopic (exact) mass is 385 g/mol. The van der Waals surface area contributed by atoms with Crippen LogP contribution >= 0.6 is 26.6 Å². The zero-order valence-corrected chi connectivity index (χ0v) is 13.9. The number of methoxy groups -OCH3 is 2. The second-order valence-corrected chi connectivity index (χ2v) is 7.06. The first-order valence-electron chi connectivity index (χ1n) is 5.40. The van der Waals surface area contributed by atoms with Gasteiger partial charge in [-0.1, -0.05) is 0 Å². The number of amides is 1. The highest BCUT2D eigenvalue weighted by Gasteiger charge is 2.22. The maximum Gasteiger partial charge on any atom is 0.265 e. The van der Waals surface area contributed by atoms with Crippen molar-refractivity contribution >= 4 is 41.6 Å². The molecular weight excluding hydrogens is 374 g/mol.